The van der Waals surface area contributed by atoms with E-state index in [-0.39, 0.29) is 11.3 Å². The molecule has 1 aromatic rings. The van der Waals surface area contributed by atoms with E-state index in [4.69, 9.17) is 0 Å². The Morgan fingerprint density at radius 1 is 1.30 bits per heavy atom. The third-order valence-corrected chi connectivity index (χ3v) is 4.49. The van der Waals surface area contributed by atoms with Crippen LogP contribution >= 0.6 is 0 Å². The summed E-state index contributed by atoms with van der Waals surface area (Å²) in [6.45, 7) is 1.62. The molecule has 1 aromatic carbocycles. The maximum Gasteiger partial charge on any atom is 0.337 e. The predicted octanol–water partition coefficient (Wildman–Crippen LogP) is 2.53. The molecule has 0 spiro atoms. The Bertz CT molecular complexity index is 560. The topological polar surface area (TPSA) is 83.7 Å². The molecule has 3 rings (SSSR count). The lowest BCUT2D eigenvalue weighted by molar-refractivity contribution is -0.384. The van der Waals surface area contributed by atoms with E-state index in [1.165, 1.54) is 37.5 Å². The molecule has 0 amide bonds. The molecule has 1 aliphatic heterocycles. The van der Waals surface area contributed by atoms with Crippen LogP contribution in [0.5, 0.6) is 0 Å². The zero-order valence-electron chi connectivity index (χ0n) is 11.0. The van der Waals surface area contributed by atoms with Gasteiger partial charge in [0, 0.05) is 25.2 Å². The van der Waals surface area contributed by atoms with Crippen LogP contribution in [-0.4, -0.2) is 29.1 Å². The van der Waals surface area contributed by atoms with Crippen molar-refractivity contribution in [3.8, 4) is 0 Å². The maximum atomic E-state index is 11.3. The van der Waals surface area contributed by atoms with Gasteiger partial charge in [0.05, 0.1) is 16.2 Å². The number of carboxylic acids is 1. The van der Waals surface area contributed by atoms with Gasteiger partial charge in [0.15, 0.2) is 0 Å². The first-order valence-electron chi connectivity index (χ1n) is 6.83. The van der Waals surface area contributed by atoms with Crippen LogP contribution in [0.15, 0.2) is 18.2 Å². The Labute approximate surface area is 116 Å². The van der Waals surface area contributed by atoms with E-state index in [9.17, 15) is 20.0 Å². The number of aromatic carboxylic acids is 1. The molecule has 1 heterocycles. The van der Waals surface area contributed by atoms with E-state index in [2.05, 4.69) is 0 Å². The summed E-state index contributed by atoms with van der Waals surface area (Å²) in [7, 11) is 0. The molecule has 0 aromatic heterocycles. The van der Waals surface area contributed by atoms with Gasteiger partial charge < -0.3 is 10.0 Å². The lowest BCUT2D eigenvalue weighted by atomic mass is 10.0. The molecule has 0 radical (unpaired) electrons. The van der Waals surface area contributed by atoms with Gasteiger partial charge in [-0.1, -0.05) is 6.42 Å². The second-order valence-electron chi connectivity index (χ2n) is 5.62. The van der Waals surface area contributed by atoms with E-state index in [1.807, 2.05) is 4.90 Å². The number of anilines is 1. The van der Waals surface area contributed by atoms with Crippen LogP contribution in [0.25, 0.3) is 0 Å². The summed E-state index contributed by atoms with van der Waals surface area (Å²) in [5.41, 5.74) is 0.582. The first-order chi connectivity index (χ1) is 9.56. The molecule has 2 fully saturated rings. The van der Waals surface area contributed by atoms with E-state index in [0.717, 1.165) is 13.1 Å². The Kier molecular flexibility index (Phi) is 3.08. The van der Waals surface area contributed by atoms with Crippen molar-refractivity contribution < 1.29 is 14.8 Å². The minimum absolute atomic E-state index is 0.0536. The smallest absolute Gasteiger partial charge is 0.337 e. The average Bonchev–Trinajstić information content (AvgIpc) is 2.98. The van der Waals surface area contributed by atoms with Crippen LogP contribution in [0.3, 0.4) is 0 Å². The number of nitro benzene ring substituents is 1. The van der Waals surface area contributed by atoms with Crippen molar-refractivity contribution in [1.29, 1.82) is 0 Å². The van der Waals surface area contributed by atoms with Crippen LogP contribution in [0.4, 0.5) is 11.4 Å². The largest absolute Gasteiger partial charge is 0.478 e. The molecule has 1 saturated heterocycles. The fourth-order valence-corrected chi connectivity index (χ4v) is 3.51. The number of rotatable bonds is 3. The van der Waals surface area contributed by atoms with Crippen molar-refractivity contribution in [2.45, 2.75) is 19.3 Å². The van der Waals surface area contributed by atoms with E-state index in [0.29, 0.717) is 17.5 Å². The first kappa shape index (κ1) is 12.9. The van der Waals surface area contributed by atoms with E-state index >= 15 is 0 Å². The van der Waals surface area contributed by atoms with Crippen molar-refractivity contribution >= 4 is 17.3 Å². The number of hydrogen-bond acceptors (Lipinski definition) is 4. The normalized spacial score (nSPS) is 24.7. The zero-order chi connectivity index (χ0) is 14.3. The SMILES string of the molecule is O=C(O)c1ccc([N+](=O)[O-])cc1N1CC2CCCC2C1. The van der Waals surface area contributed by atoms with Gasteiger partial charge >= 0.3 is 5.97 Å². The van der Waals surface area contributed by atoms with Gasteiger partial charge in [0.1, 0.15) is 0 Å². The number of benzene rings is 1. The van der Waals surface area contributed by atoms with Crippen LogP contribution in [0.2, 0.25) is 0 Å². The van der Waals surface area contributed by atoms with Crippen LogP contribution in [0, 0.1) is 22.0 Å². The van der Waals surface area contributed by atoms with E-state index < -0.39 is 10.9 Å². The number of hydrogen-bond donors (Lipinski definition) is 1. The number of carboxylic acid groups (broad SMARTS) is 1. The summed E-state index contributed by atoms with van der Waals surface area (Å²) in [6.07, 6.45) is 3.60. The molecule has 2 aliphatic rings. The Morgan fingerprint density at radius 2 is 1.95 bits per heavy atom. The van der Waals surface area contributed by atoms with Crippen molar-refractivity contribution in [1.82, 2.24) is 0 Å². The molecule has 6 nitrogen and oxygen atoms in total. The number of carbonyl (C=O) groups is 1. The molecule has 2 unspecified atom stereocenters. The van der Waals surface area contributed by atoms with Crippen molar-refractivity contribution in [2.24, 2.45) is 11.8 Å². The molecule has 2 atom stereocenters. The summed E-state index contributed by atoms with van der Waals surface area (Å²) in [4.78, 5) is 23.7. The van der Waals surface area contributed by atoms with Gasteiger partial charge in [0.25, 0.3) is 5.69 Å². The molecule has 1 saturated carbocycles. The summed E-state index contributed by atoms with van der Waals surface area (Å²) in [5.74, 6) is 0.179. The van der Waals surface area contributed by atoms with Gasteiger partial charge in [-0.25, -0.2) is 4.79 Å². The van der Waals surface area contributed by atoms with Crippen LogP contribution < -0.4 is 4.90 Å². The van der Waals surface area contributed by atoms with Crippen molar-refractivity contribution in [3.63, 3.8) is 0 Å². The molecule has 6 heteroatoms. The lowest BCUT2D eigenvalue weighted by Crippen LogP contribution is -2.23. The fraction of sp³-hybridized carbons (Fsp3) is 0.500. The Balaban J connectivity index is 1.96. The van der Waals surface area contributed by atoms with Crippen LogP contribution in [0.1, 0.15) is 29.6 Å². The molecular weight excluding hydrogens is 260 g/mol. The third kappa shape index (κ3) is 2.11. The van der Waals surface area contributed by atoms with Gasteiger partial charge in [0.2, 0.25) is 0 Å². The Morgan fingerprint density at radius 3 is 2.50 bits per heavy atom. The molecule has 0 bridgehead atoms. The second kappa shape index (κ2) is 4.77. The predicted molar refractivity (Wildman–Crippen MR) is 73.1 cm³/mol. The second-order valence-corrected chi connectivity index (χ2v) is 5.62. The number of fused-ring (bicyclic) bond motifs is 1. The van der Waals surface area contributed by atoms with Crippen LogP contribution in [-0.2, 0) is 0 Å². The lowest BCUT2D eigenvalue weighted by Gasteiger charge is -2.21. The zero-order valence-corrected chi connectivity index (χ0v) is 11.0. The van der Waals surface area contributed by atoms with Crippen molar-refractivity contribution in [3.05, 3.63) is 33.9 Å². The summed E-state index contributed by atoms with van der Waals surface area (Å²) in [5, 5.41) is 20.1. The molecular formula is C14H16N2O4. The standard InChI is InChI=1S/C14H16N2O4/c17-14(18)12-5-4-11(16(19)20)6-13(12)15-7-9-2-1-3-10(9)8-15/h4-6,9-10H,1-3,7-8H2,(H,17,18). The van der Waals surface area contributed by atoms with Gasteiger partial charge in [-0.3, -0.25) is 10.1 Å². The summed E-state index contributed by atoms with van der Waals surface area (Å²) >= 11 is 0. The van der Waals surface area contributed by atoms with Gasteiger partial charge in [-0.15, -0.1) is 0 Å². The molecule has 1 N–H and O–H groups in total. The summed E-state index contributed by atoms with van der Waals surface area (Å²) < 4.78 is 0. The highest BCUT2D eigenvalue weighted by Crippen LogP contribution is 2.41. The first-order valence-corrected chi connectivity index (χ1v) is 6.83. The Hall–Kier alpha value is -2.11. The highest BCUT2D eigenvalue weighted by atomic mass is 16.6. The number of non-ortho nitro benzene ring substituents is 1. The monoisotopic (exact) mass is 276 g/mol. The fourth-order valence-electron chi connectivity index (χ4n) is 3.51. The minimum Gasteiger partial charge on any atom is -0.478 e. The van der Waals surface area contributed by atoms with Crippen molar-refractivity contribution in [2.75, 3.05) is 18.0 Å². The quantitative estimate of drug-likeness (QED) is 0.677. The van der Waals surface area contributed by atoms with Gasteiger partial charge in [-0.05, 0) is 30.7 Å². The highest BCUT2D eigenvalue weighted by Gasteiger charge is 2.37. The number of nitrogens with zero attached hydrogens (tertiary/aromatic N) is 2. The van der Waals surface area contributed by atoms with E-state index in [1.54, 1.807) is 0 Å². The third-order valence-electron chi connectivity index (χ3n) is 4.49. The molecule has 1 aliphatic carbocycles. The summed E-state index contributed by atoms with van der Waals surface area (Å²) in [6, 6.07) is 3.98. The average molecular weight is 276 g/mol. The highest BCUT2D eigenvalue weighted by molar-refractivity contribution is 5.95. The molecule has 106 valence electrons. The minimum atomic E-state index is -1.04. The maximum absolute atomic E-state index is 11.3. The molecule has 20 heavy (non-hydrogen) atoms. The number of nitro groups is 1. The van der Waals surface area contributed by atoms with Gasteiger partial charge in [-0.2, -0.15) is 0 Å².